The second-order valence-corrected chi connectivity index (χ2v) is 31.9. The fourth-order valence-electron chi connectivity index (χ4n) is 15.8. The molecule has 4 aromatic carbocycles. The van der Waals surface area contributed by atoms with Gasteiger partial charge in [-0.15, -0.1) is 8.73 Å². The van der Waals surface area contributed by atoms with Crippen LogP contribution in [-0.4, -0.2) is 113 Å². The molecule has 92 heavy (non-hydrogen) atoms. The van der Waals surface area contributed by atoms with Gasteiger partial charge in [-0.05, 0) is 195 Å². The predicted octanol–water partition coefficient (Wildman–Crippen LogP) is 12.8. The molecule has 4 bridgehead atoms. The molecule has 13 rings (SSSR count). The van der Waals surface area contributed by atoms with E-state index in [0.29, 0.717) is 66.6 Å². The zero-order valence-corrected chi connectivity index (χ0v) is 56.7. The number of hydrogen-bond acceptors (Lipinski definition) is 12. The normalized spacial score (nSPS) is 31.8. The van der Waals surface area contributed by atoms with Crippen LogP contribution < -0.4 is 29.1 Å². The number of nitrogens with zero attached hydrogens (tertiary/aromatic N) is 6. The van der Waals surface area contributed by atoms with Crippen LogP contribution in [0.3, 0.4) is 0 Å². The van der Waals surface area contributed by atoms with Crippen molar-refractivity contribution in [1.82, 2.24) is 14.5 Å². The first-order valence-corrected chi connectivity index (χ1v) is 37.1. The minimum absolute atomic E-state index is 0.0169. The third-order valence-corrected chi connectivity index (χ3v) is 25.0. The van der Waals surface area contributed by atoms with Gasteiger partial charge in [0.05, 0.1) is 54.3 Å². The molecule has 21 heteroatoms. The highest BCUT2D eigenvalue weighted by atomic mass is 35.5. The standard InChI is InChI=1S/C38H46ClN5O5S.C33H42ClN3O4S/c1-4-25-7-5-9-34(48-3)31-13-10-28(31)21-44-23-38(16-6-8-26-17-30(39)12-14-32(26)38)24-49-35-15-11-27(18-33(35)44)36(45)41-50(47,22-25)42-37(46)29-19-40-43(2)20-29;1-3-22-6-4-8-30(40-2)27-12-9-25(27)18-37-20-33(15-5-7-23-16-26(34)11-13-28(23)33)21-41-31-14-10-24(17-29(31)37)32(38)36-42(35,39)19-22/h5,9,11-12,14-15,17-20,25,28,31,34H,4,6-8,10,13,16,21-24H2,1-3H3,(H,41,42,45,46,47);4,8,10-11,13-14,16-17,22,25,27,30H,3,5-7,9,12,15,18-21H2,1-2H3,(H2,35,36,38,39)/b9-5+;8-4+/t25-,28-,31+,34-,38-,50?;22-,25-,27+,30-,33-,42?/m00/s1. The molecule has 5 aromatic rings. The summed E-state index contributed by atoms with van der Waals surface area (Å²) >= 11 is 12.9. The Morgan fingerprint density at radius 2 is 1.20 bits per heavy atom. The molecule has 1 aromatic heterocycles. The summed E-state index contributed by atoms with van der Waals surface area (Å²) in [5.74, 6) is 1.45. The number of anilines is 2. The van der Waals surface area contributed by atoms with Crippen molar-refractivity contribution in [1.29, 1.82) is 0 Å². The van der Waals surface area contributed by atoms with Gasteiger partial charge < -0.3 is 28.7 Å². The van der Waals surface area contributed by atoms with E-state index >= 15 is 0 Å². The second kappa shape index (κ2) is 27.7. The number of benzene rings is 4. The number of ether oxygens (including phenoxy) is 4. The molecule has 2 spiro atoms. The summed E-state index contributed by atoms with van der Waals surface area (Å²) in [7, 11) is -1.46. The summed E-state index contributed by atoms with van der Waals surface area (Å²) in [5, 5.41) is 11.7. The average molecular weight is 1330 g/mol. The van der Waals surface area contributed by atoms with E-state index in [1.165, 1.54) is 33.1 Å². The lowest BCUT2D eigenvalue weighted by atomic mass is 9.68. The molecule has 4 aliphatic heterocycles. The van der Waals surface area contributed by atoms with Gasteiger partial charge in [-0.25, -0.2) is 13.6 Å². The zero-order valence-electron chi connectivity index (χ0n) is 53.6. The Morgan fingerprint density at radius 1 is 0.696 bits per heavy atom. The topological polar surface area (TPSA) is 209 Å². The van der Waals surface area contributed by atoms with E-state index in [0.717, 1.165) is 130 Å². The molecular weight excluding hydrogens is 1240 g/mol. The van der Waals surface area contributed by atoms with Crippen LogP contribution in [0.15, 0.2) is 118 Å². The zero-order chi connectivity index (χ0) is 64.5. The Balaban J connectivity index is 0.000000180. The highest BCUT2D eigenvalue weighted by Gasteiger charge is 2.47. The quantitative estimate of drug-likeness (QED) is 0.152. The number of nitrogens with one attached hydrogen (secondary N) is 1. The SMILES string of the molecule is CC[C@H]1C/C=C/[C@H](OC)[C@@H]2CC[C@H]2CN2C[C@@]3(CCCc4cc(Cl)ccc43)COc3ccc(cc32)C(=O)N=S(=O)(NC(=O)c2cnn(C)c2)C1.CC[C@H]1C/C=C/[C@H](OC)[C@@H]2CC[C@H]2CN2C[C@@]3(CCCc4cc(Cl)ccc43)COc3ccc(cc32)C(=O)N=S(N)(=O)C1. The lowest BCUT2D eigenvalue weighted by molar-refractivity contribution is 0.0131. The van der Waals surface area contributed by atoms with Gasteiger partial charge >= 0.3 is 0 Å². The van der Waals surface area contributed by atoms with Gasteiger partial charge in [-0.1, -0.05) is 86.3 Å². The molecule has 2 unspecified atom stereocenters. The Kier molecular flexibility index (Phi) is 19.9. The number of aryl methyl sites for hydroxylation is 3. The number of nitrogens with two attached hydrogens (primary N) is 1. The van der Waals surface area contributed by atoms with Crippen LogP contribution in [0.2, 0.25) is 10.0 Å². The summed E-state index contributed by atoms with van der Waals surface area (Å²) in [5.41, 5.74) is 7.31. The number of methoxy groups -OCH3 is 2. The van der Waals surface area contributed by atoms with E-state index in [1.54, 1.807) is 39.6 Å². The van der Waals surface area contributed by atoms with Gasteiger partial charge in [0.1, 0.15) is 31.3 Å². The monoisotopic (exact) mass is 1330 g/mol. The Bertz CT molecular complexity index is 3930. The summed E-state index contributed by atoms with van der Waals surface area (Å²) in [6, 6.07) is 23.3. The molecule has 492 valence electrons. The number of fused-ring (bicyclic) bond motifs is 8. The van der Waals surface area contributed by atoms with Crippen LogP contribution in [0.25, 0.3) is 0 Å². The number of amides is 3. The van der Waals surface area contributed by atoms with E-state index in [2.05, 4.69) is 83.8 Å². The molecule has 8 aliphatic rings. The number of rotatable bonds is 6. The van der Waals surface area contributed by atoms with Crippen molar-refractivity contribution >= 4 is 72.1 Å². The number of allylic oxidation sites excluding steroid dienone is 2. The van der Waals surface area contributed by atoms with Crippen molar-refractivity contribution in [3.63, 3.8) is 0 Å². The third kappa shape index (κ3) is 14.2. The summed E-state index contributed by atoms with van der Waals surface area (Å²) < 4.78 is 65.7. The molecule has 4 aliphatic carbocycles. The van der Waals surface area contributed by atoms with Crippen LogP contribution >= 0.6 is 23.2 Å². The van der Waals surface area contributed by atoms with Gasteiger partial charge in [0.2, 0.25) is 0 Å². The van der Waals surface area contributed by atoms with Crippen molar-refractivity contribution < 1.29 is 41.7 Å². The number of carbonyl (C=O) groups excluding carboxylic acids is 3. The maximum Gasteiger partial charge on any atom is 0.286 e. The molecule has 5 heterocycles. The summed E-state index contributed by atoms with van der Waals surface area (Å²) in [6.07, 6.45) is 24.8. The van der Waals surface area contributed by atoms with E-state index < -0.39 is 37.6 Å². The largest absolute Gasteiger partial charge is 0.490 e. The smallest absolute Gasteiger partial charge is 0.286 e. The molecule has 2 fully saturated rings. The minimum Gasteiger partial charge on any atom is -0.490 e. The molecule has 0 radical (unpaired) electrons. The van der Waals surface area contributed by atoms with Gasteiger partial charge in [0, 0.05) is 91.4 Å². The van der Waals surface area contributed by atoms with E-state index in [9.17, 15) is 22.8 Å². The van der Waals surface area contributed by atoms with E-state index in [1.807, 2.05) is 43.3 Å². The van der Waals surface area contributed by atoms with Gasteiger partial charge in [0.15, 0.2) is 0 Å². The number of carbonyl (C=O) groups is 3. The van der Waals surface area contributed by atoms with E-state index in [4.69, 9.17) is 47.3 Å². The molecule has 2 saturated carbocycles. The maximum atomic E-state index is 14.6. The van der Waals surface area contributed by atoms with Crippen molar-refractivity contribution in [2.75, 3.05) is 74.9 Å². The van der Waals surface area contributed by atoms with Crippen molar-refractivity contribution in [3.8, 4) is 11.5 Å². The Labute approximate surface area is 553 Å². The lowest BCUT2D eigenvalue weighted by Gasteiger charge is -2.46. The molecular formula is C71H88Cl2N8O9S2. The van der Waals surface area contributed by atoms with Crippen LogP contribution in [0.4, 0.5) is 11.4 Å². The first-order valence-electron chi connectivity index (χ1n) is 33.0. The van der Waals surface area contributed by atoms with E-state index in [-0.39, 0.29) is 51.9 Å². The Morgan fingerprint density at radius 3 is 1.65 bits per heavy atom. The van der Waals surface area contributed by atoms with Crippen LogP contribution in [-0.2, 0) is 60.0 Å². The van der Waals surface area contributed by atoms with Crippen molar-refractivity contribution in [2.24, 2.45) is 56.4 Å². The van der Waals surface area contributed by atoms with Crippen LogP contribution in [0.5, 0.6) is 11.5 Å². The van der Waals surface area contributed by atoms with Gasteiger partial charge in [0.25, 0.3) is 17.7 Å². The molecule has 3 N–H and O–H groups in total. The number of halogens is 2. The summed E-state index contributed by atoms with van der Waals surface area (Å²) in [6.45, 7) is 8.23. The van der Waals surface area contributed by atoms with Gasteiger partial charge in [-0.3, -0.25) is 23.8 Å². The molecule has 12 atom stereocenters. The lowest BCUT2D eigenvalue weighted by Crippen LogP contribution is -2.49. The Hall–Kier alpha value is -6.06. The van der Waals surface area contributed by atoms with Crippen LogP contribution in [0, 0.1) is 35.5 Å². The molecule has 3 amide bonds. The average Bonchev–Trinajstić information content (AvgIpc) is 1.50. The first-order chi connectivity index (χ1) is 44.3. The second-order valence-electron chi connectivity index (χ2n) is 27.1. The molecule has 0 saturated heterocycles. The van der Waals surface area contributed by atoms with Crippen molar-refractivity contribution in [2.45, 2.75) is 127 Å². The van der Waals surface area contributed by atoms with Gasteiger partial charge in [-0.2, -0.15) is 5.10 Å². The minimum atomic E-state index is -3.53. The molecule has 17 nitrogen and oxygen atoms in total. The maximum absolute atomic E-state index is 14.6. The van der Waals surface area contributed by atoms with Crippen LogP contribution in [0.1, 0.15) is 144 Å². The highest BCUT2D eigenvalue weighted by molar-refractivity contribution is 7.92. The highest BCUT2D eigenvalue weighted by Crippen LogP contribution is 2.50. The first kappa shape index (κ1) is 66.0. The third-order valence-electron chi connectivity index (χ3n) is 21.2. The summed E-state index contributed by atoms with van der Waals surface area (Å²) in [4.78, 5) is 45.5. The number of aromatic nitrogens is 2. The predicted molar refractivity (Wildman–Crippen MR) is 364 cm³/mol. The fraction of sp³-hybridized carbons (Fsp3) is 0.521. The number of hydrogen-bond donors (Lipinski definition) is 2. The fourth-order valence-corrected chi connectivity index (χ4v) is 19.7. The van der Waals surface area contributed by atoms with Crippen molar-refractivity contribution in [3.05, 3.63) is 158 Å².